The molecule has 0 unspecified atom stereocenters. The predicted molar refractivity (Wildman–Crippen MR) is 101 cm³/mol. The highest BCUT2D eigenvalue weighted by Crippen LogP contribution is 2.51. The molecule has 4 rings (SSSR count). The molecule has 2 aromatic rings. The zero-order chi connectivity index (χ0) is 17.6. The lowest BCUT2D eigenvalue weighted by Crippen LogP contribution is -2.47. The molecule has 0 bridgehead atoms. The summed E-state index contributed by atoms with van der Waals surface area (Å²) in [5, 5.41) is -0.148. The van der Waals surface area contributed by atoms with Crippen LogP contribution in [0.25, 0.3) is 0 Å². The van der Waals surface area contributed by atoms with Crippen LogP contribution in [-0.2, 0) is 15.0 Å². The molecule has 0 aromatic heterocycles. The fourth-order valence-corrected chi connectivity index (χ4v) is 5.30. The van der Waals surface area contributed by atoms with E-state index >= 15 is 0 Å². The molecule has 1 aliphatic heterocycles. The van der Waals surface area contributed by atoms with Crippen molar-refractivity contribution in [2.24, 2.45) is 0 Å². The molecule has 0 fully saturated rings. The number of amides is 1. The Morgan fingerprint density at radius 3 is 2.72 bits per heavy atom. The summed E-state index contributed by atoms with van der Waals surface area (Å²) < 4.78 is 0. The SMILES string of the molecule is Cc1cccc(S[C@@H]2CC(=O)C=C[C@@]23C(=O)N(C)c2ccccc23)c1. The Balaban J connectivity index is 1.84. The van der Waals surface area contributed by atoms with Crippen molar-refractivity contribution in [3.05, 3.63) is 71.8 Å². The van der Waals surface area contributed by atoms with Gasteiger partial charge in [-0.2, -0.15) is 0 Å². The number of nitrogens with zero attached hydrogens (tertiary/aromatic N) is 1. The minimum atomic E-state index is -0.770. The van der Waals surface area contributed by atoms with Crippen LogP contribution >= 0.6 is 11.8 Å². The number of carbonyl (C=O) groups is 2. The highest BCUT2D eigenvalue weighted by Gasteiger charge is 2.55. The number of hydrogen-bond acceptors (Lipinski definition) is 3. The average molecular weight is 349 g/mol. The van der Waals surface area contributed by atoms with Gasteiger partial charge < -0.3 is 4.90 Å². The fourth-order valence-electron chi connectivity index (χ4n) is 3.82. The number of fused-ring (bicyclic) bond motifs is 2. The van der Waals surface area contributed by atoms with Gasteiger partial charge in [-0.25, -0.2) is 0 Å². The molecule has 1 aliphatic carbocycles. The molecule has 3 nitrogen and oxygen atoms in total. The second-order valence-corrected chi connectivity index (χ2v) is 7.95. The first kappa shape index (κ1) is 16.2. The van der Waals surface area contributed by atoms with Crippen LogP contribution in [0.5, 0.6) is 0 Å². The van der Waals surface area contributed by atoms with Gasteiger partial charge in [0, 0.05) is 29.3 Å². The van der Waals surface area contributed by atoms with E-state index in [9.17, 15) is 9.59 Å². The number of ketones is 1. The Hall–Kier alpha value is -2.33. The minimum absolute atomic E-state index is 0.0441. The van der Waals surface area contributed by atoms with E-state index < -0.39 is 5.41 Å². The number of likely N-dealkylation sites (N-methyl/N-ethyl adjacent to an activating group) is 1. The number of benzene rings is 2. The second-order valence-electron chi connectivity index (χ2n) is 6.68. The summed E-state index contributed by atoms with van der Waals surface area (Å²) in [6.45, 7) is 2.05. The molecule has 2 atom stereocenters. The van der Waals surface area contributed by atoms with E-state index in [1.807, 2.05) is 49.5 Å². The summed E-state index contributed by atoms with van der Waals surface area (Å²) in [4.78, 5) is 28.2. The molecule has 0 N–H and O–H groups in total. The first-order valence-electron chi connectivity index (χ1n) is 8.35. The molecule has 2 aromatic carbocycles. The number of rotatable bonds is 2. The maximum absolute atomic E-state index is 13.3. The molecule has 2 aliphatic rings. The monoisotopic (exact) mass is 349 g/mol. The van der Waals surface area contributed by atoms with Crippen molar-refractivity contribution in [2.75, 3.05) is 11.9 Å². The Morgan fingerprint density at radius 2 is 1.92 bits per heavy atom. The normalized spacial score (nSPS) is 24.9. The molecule has 1 heterocycles. The number of hydrogen-bond donors (Lipinski definition) is 0. The molecular formula is C21H19NO2S. The average Bonchev–Trinajstić information content (AvgIpc) is 2.81. The summed E-state index contributed by atoms with van der Waals surface area (Å²) >= 11 is 1.63. The Labute approximate surface area is 151 Å². The molecule has 1 spiro atoms. The number of anilines is 1. The highest BCUT2D eigenvalue weighted by atomic mass is 32.2. The van der Waals surface area contributed by atoms with Crippen molar-refractivity contribution in [1.29, 1.82) is 0 Å². The van der Waals surface area contributed by atoms with Crippen molar-refractivity contribution < 1.29 is 9.59 Å². The van der Waals surface area contributed by atoms with Crippen LogP contribution in [0.2, 0.25) is 0 Å². The predicted octanol–water partition coefficient (Wildman–Crippen LogP) is 3.90. The third-order valence-electron chi connectivity index (χ3n) is 5.06. The Bertz CT molecular complexity index is 904. The van der Waals surface area contributed by atoms with Crippen LogP contribution in [-0.4, -0.2) is 24.0 Å². The lowest BCUT2D eigenvalue weighted by atomic mass is 9.73. The van der Waals surface area contributed by atoms with Gasteiger partial charge in [0.05, 0.1) is 0 Å². The summed E-state index contributed by atoms with van der Waals surface area (Å²) in [5.74, 6) is 0.123. The van der Waals surface area contributed by atoms with Crippen molar-refractivity contribution >= 4 is 29.1 Å². The number of aryl methyl sites for hydroxylation is 1. The van der Waals surface area contributed by atoms with Gasteiger partial charge in [0.1, 0.15) is 5.41 Å². The van der Waals surface area contributed by atoms with Crippen molar-refractivity contribution in [1.82, 2.24) is 0 Å². The standard InChI is InChI=1S/C21H19NO2S/c1-14-6-5-7-16(12-14)25-19-13-15(23)10-11-21(19)17-8-3-4-9-18(17)22(2)20(21)24/h3-12,19H,13H2,1-2H3/t19-,21+/m1/s1. The molecule has 0 radical (unpaired) electrons. The largest absolute Gasteiger partial charge is 0.314 e. The lowest BCUT2D eigenvalue weighted by Gasteiger charge is -2.35. The Kier molecular flexibility index (Phi) is 3.80. The quantitative estimate of drug-likeness (QED) is 0.825. The molecule has 0 saturated carbocycles. The first-order valence-corrected chi connectivity index (χ1v) is 9.23. The van der Waals surface area contributed by atoms with Gasteiger partial charge in [-0.1, -0.05) is 42.0 Å². The number of thioether (sulfide) groups is 1. The lowest BCUT2D eigenvalue weighted by molar-refractivity contribution is -0.122. The van der Waals surface area contributed by atoms with Gasteiger partial charge in [-0.3, -0.25) is 9.59 Å². The van der Waals surface area contributed by atoms with E-state index in [4.69, 9.17) is 0 Å². The van der Waals surface area contributed by atoms with Gasteiger partial charge in [-0.05, 0) is 36.8 Å². The van der Waals surface area contributed by atoms with E-state index in [1.165, 1.54) is 5.56 Å². The van der Waals surface area contributed by atoms with Crippen molar-refractivity contribution in [3.63, 3.8) is 0 Å². The zero-order valence-electron chi connectivity index (χ0n) is 14.2. The third-order valence-corrected chi connectivity index (χ3v) is 6.41. The van der Waals surface area contributed by atoms with Crippen molar-refractivity contribution in [2.45, 2.75) is 28.9 Å². The first-order chi connectivity index (χ1) is 12.0. The van der Waals surface area contributed by atoms with Gasteiger partial charge >= 0.3 is 0 Å². The van der Waals surface area contributed by atoms with E-state index in [2.05, 4.69) is 19.1 Å². The summed E-state index contributed by atoms with van der Waals surface area (Å²) in [7, 11) is 1.81. The maximum atomic E-state index is 13.3. The third kappa shape index (κ3) is 2.44. The number of allylic oxidation sites excluding steroid dienone is 1. The van der Waals surface area contributed by atoms with E-state index in [0.29, 0.717) is 6.42 Å². The van der Waals surface area contributed by atoms with Crippen LogP contribution in [0, 0.1) is 6.92 Å². The topological polar surface area (TPSA) is 37.4 Å². The van der Waals surface area contributed by atoms with Gasteiger partial charge in [0.25, 0.3) is 0 Å². The zero-order valence-corrected chi connectivity index (χ0v) is 15.0. The molecular weight excluding hydrogens is 330 g/mol. The van der Waals surface area contributed by atoms with Crippen LogP contribution in [0.1, 0.15) is 17.5 Å². The van der Waals surface area contributed by atoms with Crippen molar-refractivity contribution in [3.8, 4) is 0 Å². The van der Waals surface area contributed by atoms with Gasteiger partial charge in [0.15, 0.2) is 5.78 Å². The van der Waals surface area contributed by atoms with Crippen LogP contribution in [0.3, 0.4) is 0 Å². The maximum Gasteiger partial charge on any atom is 0.242 e. The summed E-state index contributed by atoms with van der Waals surface area (Å²) in [6, 6.07) is 16.1. The van der Waals surface area contributed by atoms with Crippen LogP contribution in [0.15, 0.2) is 65.6 Å². The fraction of sp³-hybridized carbons (Fsp3) is 0.238. The molecule has 126 valence electrons. The number of para-hydroxylation sites is 1. The van der Waals surface area contributed by atoms with Crippen LogP contribution < -0.4 is 4.90 Å². The van der Waals surface area contributed by atoms with Gasteiger partial charge in [-0.15, -0.1) is 11.8 Å². The Morgan fingerprint density at radius 1 is 1.12 bits per heavy atom. The smallest absolute Gasteiger partial charge is 0.242 e. The van der Waals surface area contributed by atoms with E-state index in [1.54, 1.807) is 22.7 Å². The molecule has 4 heteroatoms. The van der Waals surface area contributed by atoms with Gasteiger partial charge in [0.2, 0.25) is 5.91 Å². The molecule has 25 heavy (non-hydrogen) atoms. The molecule has 1 amide bonds. The highest BCUT2D eigenvalue weighted by molar-refractivity contribution is 8.00. The van der Waals surface area contributed by atoms with Crippen LogP contribution in [0.4, 0.5) is 5.69 Å². The summed E-state index contributed by atoms with van der Waals surface area (Å²) in [5.41, 5.74) is 2.33. The minimum Gasteiger partial charge on any atom is -0.314 e. The van der Waals surface area contributed by atoms with E-state index in [-0.39, 0.29) is 16.9 Å². The molecule has 0 saturated heterocycles. The number of carbonyl (C=O) groups excluding carboxylic acids is 2. The second kappa shape index (κ2) is 5.88. The van der Waals surface area contributed by atoms with E-state index in [0.717, 1.165) is 16.1 Å². The summed E-state index contributed by atoms with van der Waals surface area (Å²) in [6.07, 6.45) is 3.78.